The number of halogens is 1. The highest BCUT2D eigenvalue weighted by atomic mass is 35.5. The lowest BCUT2D eigenvalue weighted by molar-refractivity contribution is -0.139. The predicted molar refractivity (Wildman–Crippen MR) is 153 cm³/mol. The minimum atomic E-state index is -4.14. The highest BCUT2D eigenvalue weighted by Gasteiger charge is 2.33. The number of hydrogen-bond acceptors (Lipinski definition) is 5. The molecule has 2 amide bonds. The number of methoxy groups -OCH3 is 1. The molecule has 0 spiro atoms. The van der Waals surface area contributed by atoms with Gasteiger partial charge in [-0.2, -0.15) is 0 Å². The molecule has 39 heavy (non-hydrogen) atoms. The van der Waals surface area contributed by atoms with E-state index in [1.165, 1.54) is 17.0 Å². The van der Waals surface area contributed by atoms with Crippen molar-refractivity contribution in [1.82, 2.24) is 10.2 Å². The molecular formula is C29H34ClN3O5S. The van der Waals surface area contributed by atoms with E-state index in [1.54, 1.807) is 75.6 Å². The van der Waals surface area contributed by atoms with E-state index in [-0.39, 0.29) is 17.3 Å². The third-order valence-corrected chi connectivity index (χ3v) is 8.25. The van der Waals surface area contributed by atoms with Crippen LogP contribution in [0.2, 0.25) is 5.02 Å². The van der Waals surface area contributed by atoms with Crippen LogP contribution in [0, 0.1) is 6.92 Å². The Morgan fingerprint density at radius 2 is 1.74 bits per heavy atom. The Bertz CT molecular complexity index is 1400. The van der Waals surface area contributed by atoms with Crippen LogP contribution in [0.3, 0.4) is 0 Å². The Hall–Kier alpha value is -3.56. The highest BCUT2D eigenvalue weighted by Crippen LogP contribution is 2.29. The van der Waals surface area contributed by atoms with E-state index in [2.05, 4.69) is 5.32 Å². The zero-order chi connectivity index (χ0) is 28.6. The monoisotopic (exact) mass is 571 g/mol. The second kappa shape index (κ2) is 13.5. The Balaban J connectivity index is 2.05. The van der Waals surface area contributed by atoms with Crippen molar-refractivity contribution in [2.45, 2.75) is 44.7 Å². The Kier molecular flexibility index (Phi) is 10.4. The van der Waals surface area contributed by atoms with E-state index < -0.39 is 28.5 Å². The summed E-state index contributed by atoms with van der Waals surface area (Å²) in [7, 11) is -2.59. The molecule has 3 aromatic carbocycles. The van der Waals surface area contributed by atoms with Gasteiger partial charge in [0.2, 0.25) is 11.8 Å². The summed E-state index contributed by atoms with van der Waals surface area (Å²) in [5.41, 5.74) is 1.64. The van der Waals surface area contributed by atoms with E-state index in [0.717, 1.165) is 16.3 Å². The molecule has 3 rings (SSSR count). The summed E-state index contributed by atoms with van der Waals surface area (Å²) in [6.07, 6.45) is 0.737. The average Bonchev–Trinajstić information content (AvgIpc) is 2.93. The SMILES string of the molecule is CCCNC(=O)[C@@H](C)N(Cc1cccc(OC)c1)C(=O)CN(c1ccc(Cl)cc1C)S(=O)(=O)c1ccccc1. The molecule has 208 valence electrons. The maximum atomic E-state index is 13.9. The first-order valence-electron chi connectivity index (χ1n) is 12.6. The number of ether oxygens (including phenoxy) is 1. The summed E-state index contributed by atoms with van der Waals surface area (Å²) in [6, 6.07) is 19.0. The molecule has 1 N–H and O–H groups in total. The zero-order valence-electron chi connectivity index (χ0n) is 22.6. The van der Waals surface area contributed by atoms with Crippen LogP contribution in [0.4, 0.5) is 5.69 Å². The van der Waals surface area contributed by atoms with Crippen molar-refractivity contribution >= 4 is 39.1 Å². The number of carbonyl (C=O) groups excluding carboxylic acids is 2. The number of anilines is 1. The van der Waals surface area contributed by atoms with Crippen LogP contribution in [-0.2, 0) is 26.2 Å². The van der Waals surface area contributed by atoms with Gasteiger partial charge in [-0.1, -0.05) is 48.9 Å². The van der Waals surface area contributed by atoms with Gasteiger partial charge in [-0.05, 0) is 73.9 Å². The Morgan fingerprint density at radius 1 is 1.03 bits per heavy atom. The molecule has 0 aromatic heterocycles. The fourth-order valence-electron chi connectivity index (χ4n) is 4.08. The number of rotatable bonds is 12. The summed E-state index contributed by atoms with van der Waals surface area (Å²) in [4.78, 5) is 28.3. The minimum absolute atomic E-state index is 0.0419. The van der Waals surface area contributed by atoms with Crippen molar-refractivity contribution in [3.05, 3.63) is 88.9 Å². The van der Waals surface area contributed by atoms with Crippen LogP contribution in [0.5, 0.6) is 5.75 Å². The quantitative estimate of drug-likeness (QED) is 0.337. The van der Waals surface area contributed by atoms with E-state index in [9.17, 15) is 18.0 Å². The average molecular weight is 572 g/mol. The molecule has 0 saturated heterocycles. The summed E-state index contributed by atoms with van der Waals surface area (Å²) in [6.45, 7) is 5.32. The number of sulfonamides is 1. The summed E-state index contributed by atoms with van der Waals surface area (Å²) >= 11 is 6.14. The molecule has 0 unspecified atom stereocenters. The van der Waals surface area contributed by atoms with Crippen LogP contribution in [0.1, 0.15) is 31.4 Å². The van der Waals surface area contributed by atoms with Gasteiger partial charge < -0.3 is 15.0 Å². The van der Waals surface area contributed by atoms with Gasteiger partial charge >= 0.3 is 0 Å². The van der Waals surface area contributed by atoms with E-state index in [0.29, 0.717) is 28.6 Å². The van der Waals surface area contributed by atoms with Crippen molar-refractivity contribution in [3.8, 4) is 5.75 Å². The molecule has 0 fully saturated rings. The Labute approximate surface area is 235 Å². The molecular weight excluding hydrogens is 538 g/mol. The molecule has 0 bridgehead atoms. The smallest absolute Gasteiger partial charge is 0.264 e. The minimum Gasteiger partial charge on any atom is -0.497 e. The molecule has 10 heteroatoms. The van der Waals surface area contributed by atoms with Gasteiger partial charge in [-0.3, -0.25) is 13.9 Å². The molecule has 0 saturated carbocycles. The van der Waals surface area contributed by atoms with E-state index >= 15 is 0 Å². The van der Waals surface area contributed by atoms with Crippen LogP contribution in [0.15, 0.2) is 77.7 Å². The molecule has 0 aliphatic carbocycles. The summed E-state index contributed by atoms with van der Waals surface area (Å²) < 4.78 is 34.1. The standard InChI is InChI=1S/C29H34ClN3O5S/c1-5-16-31-29(35)22(3)32(19-23-10-9-11-25(18-23)38-4)28(34)20-33(27-15-14-24(30)17-21(27)2)39(36,37)26-12-7-6-8-13-26/h6-15,17-18,22H,5,16,19-20H2,1-4H3,(H,31,35)/t22-/m1/s1. The van der Waals surface area contributed by atoms with Crippen LogP contribution in [-0.4, -0.2) is 51.4 Å². The van der Waals surface area contributed by atoms with Crippen LogP contribution in [0.25, 0.3) is 0 Å². The second-order valence-corrected chi connectivity index (χ2v) is 11.4. The highest BCUT2D eigenvalue weighted by molar-refractivity contribution is 7.92. The molecule has 8 nitrogen and oxygen atoms in total. The largest absolute Gasteiger partial charge is 0.497 e. The maximum Gasteiger partial charge on any atom is 0.264 e. The van der Waals surface area contributed by atoms with Gasteiger partial charge in [0.25, 0.3) is 10.0 Å². The van der Waals surface area contributed by atoms with Crippen molar-refractivity contribution in [1.29, 1.82) is 0 Å². The lowest BCUT2D eigenvalue weighted by atomic mass is 10.1. The molecule has 1 atom stereocenters. The zero-order valence-corrected chi connectivity index (χ0v) is 24.1. The molecule has 0 aliphatic rings. The second-order valence-electron chi connectivity index (χ2n) is 9.10. The van der Waals surface area contributed by atoms with E-state index in [1.807, 2.05) is 13.0 Å². The summed E-state index contributed by atoms with van der Waals surface area (Å²) in [5, 5.41) is 3.27. The van der Waals surface area contributed by atoms with Crippen molar-refractivity contribution in [2.75, 3.05) is 24.5 Å². The van der Waals surface area contributed by atoms with Gasteiger partial charge in [0.15, 0.2) is 0 Å². The first-order chi connectivity index (χ1) is 18.6. The lowest BCUT2D eigenvalue weighted by Crippen LogP contribution is -2.51. The molecule has 0 radical (unpaired) electrons. The van der Waals surface area contributed by atoms with Gasteiger partial charge in [0.05, 0.1) is 17.7 Å². The number of benzene rings is 3. The van der Waals surface area contributed by atoms with Crippen molar-refractivity contribution < 1.29 is 22.7 Å². The van der Waals surface area contributed by atoms with E-state index in [4.69, 9.17) is 16.3 Å². The first kappa shape index (κ1) is 30.0. The lowest BCUT2D eigenvalue weighted by Gasteiger charge is -2.32. The Morgan fingerprint density at radius 3 is 2.38 bits per heavy atom. The number of nitrogens with one attached hydrogen (secondary N) is 1. The fourth-order valence-corrected chi connectivity index (χ4v) is 5.80. The van der Waals surface area contributed by atoms with Gasteiger partial charge in [0, 0.05) is 18.1 Å². The fraction of sp³-hybridized carbons (Fsp3) is 0.310. The van der Waals surface area contributed by atoms with Crippen LogP contribution >= 0.6 is 11.6 Å². The number of aryl methyl sites for hydroxylation is 1. The van der Waals surface area contributed by atoms with Gasteiger partial charge in [0.1, 0.15) is 18.3 Å². The predicted octanol–water partition coefficient (Wildman–Crippen LogP) is 4.80. The third kappa shape index (κ3) is 7.52. The van der Waals surface area contributed by atoms with Crippen molar-refractivity contribution in [3.63, 3.8) is 0 Å². The van der Waals surface area contributed by atoms with Gasteiger partial charge in [-0.25, -0.2) is 8.42 Å². The number of amides is 2. The normalized spacial score (nSPS) is 11.9. The van der Waals surface area contributed by atoms with Crippen molar-refractivity contribution in [2.24, 2.45) is 0 Å². The number of hydrogen-bond donors (Lipinski definition) is 1. The summed E-state index contributed by atoms with van der Waals surface area (Å²) in [5.74, 6) is -0.257. The number of nitrogens with zero attached hydrogens (tertiary/aromatic N) is 2. The molecule has 0 aliphatic heterocycles. The molecule has 0 heterocycles. The van der Waals surface area contributed by atoms with Gasteiger partial charge in [-0.15, -0.1) is 0 Å². The first-order valence-corrected chi connectivity index (χ1v) is 14.4. The third-order valence-electron chi connectivity index (χ3n) is 6.24. The number of carbonyl (C=O) groups is 2. The topological polar surface area (TPSA) is 96.0 Å². The maximum absolute atomic E-state index is 13.9. The molecule has 3 aromatic rings. The van der Waals surface area contributed by atoms with Crippen LogP contribution < -0.4 is 14.4 Å².